The largest absolute Gasteiger partial charge is 0.508 e. The molecule has 0 fully saturated rings. The lowest BCUT2D eigenvalue weighted by atomic mass is 10.2. The lowest BCUT2D eigenvalue weighted by Gasteiger charge is -1.96. The monoisotopic (exact) mass is 239 g/mol. The van der Waals surface area contributed by atoms with Gasteiger partial charge in [-0.15, -0.1) is 12.6 Å². The summed E-state index contributed by atoms with van der Waals surface area (Å²) in [5.41, 5.74) is 0.732. The third-order valence-electron chi connectivity index (χ3n) is 1.53. The smallest absolute Gasteiger partial charge is 0.249 e. The Balaban J connectivity index is 2.65. The number of aromatic hydroxyl groups is 1. The van der Waals surface area contributed by atoms with Gasteiger partial charge in [0.1, 0.15) is 10.1 Å². The number of carbonyl (C=O) groups is 1. The molecule has 0 unspecified atom stereocenters. The lowest BCUT2D eigenvalue weighted by Crippen LogP contribution is -2.22. The zero-order valence-corrected chi connectivity index (χ0v) is 9.39. The highest BCUT2D eigenvalue weighted by atomic mass is 32.1. The highest BCUT2D eigenvalue weighted by molar-refractivity contribution is 8.11. The van der Waals surface area contributed by atoms with Crippen molar-refractivity contribution in [1.29, 1.82) is 0 Å². The number of thiol groups is 1. The van der Waals surface area contributed by atoms with Crippen molar-refractivity contribution in [3.05, 3.63) is 35.9 Å². The normalized spacial score (nSPS) is 10.2. The van der Waals surface area contributed by atoms with Crippen LogP contribution in [0.2, 0.25) is 0 Å². The number of benzene rings is 1. The van der Waals surface area contributed by atoms with Crippen molar-refractivity contribution in [2.75, 3.05) is 0 Å². The quantitative estimate of drug-likeness (QED) is 0.418. The van der Waals surface area contributed by atoms with Crippen LogP contribution in [0.25, 0.3) is 6.08 Å². The van der Waals surface area contributed by atoms with E-state index in [9.17, 15) is 4.79 Å². The highest BCUT2D eigenvalue weighted by Crippen LogP contribution is 2.11. The molecule has 0 aliphatic carbocycles. The van der Waals surface area contributed by atoms with Gasteiger partial charge >= 0.3 is 0 Å². The fraction of sp³-hybridized carbons (Fsp3) is 0. The second-order valence-electron chi connectivity index (χ2n) is 2.72. The number of amides is 1. The average Bonchev–Trinajstić information content (AvgIpc) is 2.14. The fourth-order valence-corrected chi connectivity index (χ4v) is 1.16. The first-order chi connectivity index (χ1) is 7.08. The minimum Gasteiger partial charge on any atom is -0.508 e. The molecule has 1 aromatic carbocycles. The molecule has 1 amide bonds. The van der Waals surface area contributed by atoms with Crippen molar-refractivity contribution in [2.45, 2.75) is 0 Å². The molecular weight excluding hydrogens is 230 g/mol. The first-order valence-electron chi connectivity index (χ1n) is 4.09. The molecular formula is C10H9NO2S2. The summed E-state index contributed by atoms with van der Waals surface area (Å²) < 4.78 is 0.126. The summed E-state index contributed by atoms with van der Waals surface area (Å²) in [5.74, 6) is -0.194. The molecule has 0 saturated heterocycles. The molecule has 0 aliphatic heterocycles. The number of phenolic OH excluding ortho intramolecular Hbond substituents is 1. The topological polar surface area (TPSA) is 49.3 Å². The van der Waals surface area contributed by atoms with E-state index in [0.29, 0.717) is 0 Å². The van der Waals surface area contributed by atoms with Gasteiger partial charge in [0.2, 0.25) is 5.91 Å². The van der Waals surface area contributed by atoms with E-state index < -0.39 is 0 Å². The SMILES string of the molecule is O=C(/C=C\c1cccc(O)c1)NC(=S)S. The molecule has 5 heteroatoms. The highest BCUT2D eigenvalue weighted by Gasteiger charge is 1.95. The van der Waals surface area contributed by atoms with Gasteiger partial charge in [-0.05, 0) is 23.8 Å². The van der Waals surface area contributed by atoms with Crippen LogP contribution in [0.4, 0.5) is 0 Å². The number of thiocarbonyl (C=S) groups is 1. The first-order valence-corrected chi connectivity index (χ1v) is 4.94. The minimum atomic E-state index is -0.349. The van der Waals surface area contributed by atoms with Crippen molar-refractivity contribution < 1.29 is 9.90 Å². The Hall–Kier alpha value is -1.33. The van der Waals surface area contributed by atoms with Crippen molar-refractivity contribution in [2.24, 2.45) is 0 Å². The van der Waals surface area contributed by atoms with Gasteiger partial charge in [0.05, 0.1) is 0 Å². The predicted molar refractivity (Wildman–Crippen MR) is 66.9 cm³/mol. The maximum absolute atomic E-state index is 11.1. The van der Waals surface area contributed by atoms with Crippen LogP contribution in [0, 0.1) is 0 Å². The van der Waals surface area contributed by atoms with Crippen LogP contribution in [0.3, 0.4) is 0 Å². The zero-order chi connectivity index (χ0) is 11.3. The summed E-state index contributed by atoms with van der Waals surface area (Å²) in [5, 5.41) is 11.5. The van der Waals surface area contributed by atoms with E-state index in [4.69, 9.17) is 5.11 Å². The van der Waals surface area contributed by atoms with E-state index in [-0.39, 0.29) is 16.0 Å². The Bertz CT molecular complexity index is 416. The molecule has 0 saturated carbocycles. The maximum atomic E-state index is 11.1. The van der Waals surface area contributed by atoms with Gasteiger partial charge in [-0.1, -0.05) is 24.4 Å². The molecule has 0 spiro atoms. The predicted octanol–water partition coefficient (Wildman–Crippen LogP) is 1.74. The molecule has 0 heterocycles. The summed E-state index contributed by atoms with van der Waals surface area (Å²) in [6.07, 6.45) is 2.89. The second kappa shape index (κ2) is 5.53. The molecule has 0 atom stereocenters. The molecule has 1 rings (SSSR count). The number of hydrogen-bond acceptors (Lipinski definition) is 3. The summed E-state index contributed by atoms with van der Waals surface area (Å²) in [4.78, 5) is 11.1. The number of carbonyl (C=O) groups excluding carboxylic acids is 1. The average molecular weight is 239 g/mol. The minimum absolute atomic E-state index is 0.126. The molecule has 1 aromatic rings. The standard InChI is InChI=1S/C10H9NO2S2/c12-8-3-1-2-7(6-8)4-5-9(13)11-10(14)15/h1-6,12H,(H2,11,13,14,15)/b5-4-. The third kappa shape index (κ3) is 4.62. The lowest BCUT2D eigenvalue weighted by molar-refractivity contribution is -0.115. The van der Waals surface area contributed by atoms with E-state index in [2.05, 4.69) is 30.2 Å². The fourth-order valence-electron chi connectivity index (χ4n) is 0.947. The van der Waals surface area contributed by atoms with E-state index >= 15 is 0 Å². The summed E-state index contributed by atoms with van der Waals surface area (Å²) in [6.45, 7) is 0. The zero-order valence-electron chi connectivity index (χ0n) is 7.68. The molecule has 0 aromatic heterocycles. The second-order valence-corrected chi connectivity index (χ2v) is 3.88. The molecule has 15 heavy (non-hydrogen) atoms. The Labute approximate surface area is 98.2 Å². The number of nitrogens with one attached hydrogen (secondary N) is 1. The maximum Gasteiger partial charge on any atom is 0.249 e. The third-order valence-corrected chi connectivity index (χ3v) is 1.74. The van der Waals surface area contributed by atoms with E-state index in [1.165, 1.54) is 6.08 Å². The van der Waals surface area contributed by atoms with Crippen LogP contribution in [0.15, 0.2) is 30.3 Å². The van der Waals surface area contributed by atoms with Crippen LogP contribution in [-0.2, 0) is 4.79 Å². The van der Waals surface area contributed by atoms with Crippen LogP contribution in [-0.4, -0.2) is 15.3 Å². The van der Waals surface area contributed by atoms with Crippen molar-refractivity contribution >= 4 is 41.2 Å². The van der Waals surface area contributed by atoms with E-state index in [0.717, 1.165) is 5.56 Å². The number of hydrogen-bond donors (Lipinski definition) is 3. The van der Waals surface area contributed by atoms with Gasteiger partial charge in [-0.25, -0.2) is 0 Å². The van der Waals surface area contributed by atoms with Crippen molar-refractivity contribution in [3.8, 4) is 5.75 Å². The molecule has 0 bridgehead atoms. The van der Waals surface area contributed by atoms with Crippen molar-refractivity contribution in [1.82, 2.24) is 5.32 Å². The first kappa shape index (κ1) is 11.7. The van der Waals surface area contributed by atoms with Crippen LogP contribution >= 0.6 is 24.8 Å². The van der Waals surface area contributed by atoms with E-state index in [1.807, 2.05) is 0 Å². The number of rotatable bonds is 2. The Kier molecular flexibility index (Phi) is 4.33. The van der Waals surface area contributed by atoms with Crippen LogP contribution in [0.1, 0.15) is 5.56 Å². The van der Waals surface area contributed by atoms with Gasteiger partial charge in [0, 0.05) is 6.08 Å². The molecule has 78 valence electrons. The molecule has 2 N–H and O–H groups in total. The van der Waals surface area contributed by atoms with Crippen molar-refractivity contribution in [3.63, 3.8) is 0 Å². The van der Waals surface area contributed by atoms with E-state index in [1.54, 1.807) is 30.3 Å². The molecule has 0 radical (unpaired) electrons. The summed E-state index contributed by atoms with van der Waals surface area (Å²) in [7, 11) is 0. The Morgan fingerprint density at radius 3 is 2.87 bits per heavy atom. The summed E-state index contributed by atoms with van der Waals surface area (Å²) in [6, 6.07) is 6.56. The number of phenols is 1. The Morgan fingerprint density at radius 1 is 1.53 bits per heavy atom. The summed E-state index contributed by atoms with van der Waals surface area (Å²) >= 11 is 8.34. The van der Waals surface area contributed by atoms with Crippen LogP contribution < -0.4 is 5.32 Å². The Morgan fingerprint density at radius 2 is 2.27 bits per heavy atom. The van der Waals surface area contributed by atoms with Gasteiger partial charge in [-0.3, -0.25) is 4.79 Å². The van der Waals surface area contributed by atoms with Gasteiger partial charge in [0.15, 0.2) is 0 Å². The van der Waals surface area contributed by atoms with Gasteiger partial charge in [0.25, 0.3) is 0 Å². The van der Waals surface area contributed by atoms with Gasteiger partial charge < -0.3 is 10.4 Å². The van der Waals surface area contributed by atoms with Crippen LogP contribution in [0.5, 0.6) is 5.75 Å². The van der Waals surface area contributed by atoms with Gasteiger partial charge in [-0.2, -0.15) is 0 Å². The molecule has 0 aliphatic rings. The molecule has 3 nitrogen and oxygen atoms in total.